The second kappa shape index (κ2) is 8.88. The van der Waals surface area contributed by atoms with E-state index in [0.29, 0.717) is 6.54 Å². The van der Waals surface area contributed by atoms with Gasteiger partial charge in [-0.05, 0) is 64.0 Å². The molecule has 0 unspecified atom stereocenters. The van der Waals surface area contributed by atoms with Gasteiger partial charge in [-0.3, -0.25) is 9.69 Å². The summed E-state index contributed by atoms with van der Waals surface area (Å²) in [5.74, 6) is -1.28. The number of rotatable bonds is 6. The molecular formula is C20H30FN3O3S. The molecule has 2 fully saturated rings. The van der Waals surface area contributed by atoms with Crippen molar-refractivity contribution in [2.24, 2.45) is 0 Å². The number of likely N-dealkylation sites (tertiary alicyclic amines) is 1. The topological polar surface area (TPSA) is 78.5 Å². The Labute approximate surface area is 166 Å². The van der Waals surface area contributed by atoms with E-state index in [9.17, 15) is 17.6 Å². The van der Waals surface area contributed by atoms with Gasteiger partial charge in [-0.2, -0.15) is 0 Å². The zero-order valence-corrected chi connectivity index (χ0v) is 17.3. The Balaban J connectivity index is 1.77. The molecule has 2 N–H and O–H groups in total. The lowest BCUT2D eigenvalue weighted by atomic mass is 9.79. The third-order valence-corrected chi connectivity index (χ3v) is 7.56. The predicted octanol–water partition coefficient (Wildman–Crippen LogP) is 2.65. The van der Waals surface area contributed by atoms with Crippen LogP contribution in [0.15, 0.2) is 23.1 Å². The molecule has 3 rings (SSSR count). The molecule has 0 spiro atoms. The Morgan fingerprint density at radius 2 is 1.75 bits per heavy atom. The largest absolute Gasteiger partial charge is 0.350 e. The van der Waals surface area contributed by atoms with Gasteiger partial charge in [0.05, 0.1) is 10.5 Å². The van der Waals surface area contributed by atoms with Crippen molar-refractivity contribution in [3.05, 3.63) is 29.6 Å². The van der Waals surface area contributed by atoms with E-state index < -0.39 is 21.7 Å². The van der Waals surface area contributed by atoms with E-state index in [1.807, 2.05) is 0 Å². The molecule has 6 nitrogen and oxygen atoms in total. The highest BCUT2D eigenvalue weighted by atomic mass is 32.2. The van der Waals surface area contributed by atoms with Crippen molar-refractivity contribution in [3.8, 4) is 0 Å². The molecular weight excluding hydrogens is 381 g/mol. The standard InChI is InChI=1S/C20H30FN3O3S/c1-22-28(26,27)16-8-9-18(21)17(14-16)19(25)23-15-20(10-4-2-5-11-20)24-12-6-3-7-13-24/h8-9,14,22H,2-7,10-13,15H2,1H3,(H,23,25). The first-order valence-corrected chi connectivity index (χ1v) is 11.6. The Hall–Kier alpha value is -1.51. The van der Waals surface area contributed by atoms with Crippen molar-refractivity contribution in [2.75, 3.05) is 26.7 Å². The van der Waals surface area contributed by atoms with Gasteiger partial charge in [0.2, 0.25) is 10.0 Å². The van der Waals surface area contributed by atoms with Gasteiger partial charge < -0.3 is 5.32 Å². The first-order chi connectivity index (χ1) is 13.4. The van der Waals surface area contributed by atoms with E-state index in [1.165, 1.54) is 32.7 Å². The summed E-state index contributed by atoms with van der Waals surface area (Å²) in [6.45, 7) is 2.55. The smallest absolute Gasteiger partial charge is 0.254 e. The lowest BCUT2D eigenvalue weighted by Crippen LogP contribution is -2.58. The average molecular weight is 412 g/mol. The van der Waals surface area contributed by atoms with Gasteiger partial charge in [0, 0.05) is 12.1 Å². The molecule has 0 radical (unpaired) electrons. The maximum absolute atomic E-state index is 14.2. The number of hydrogen-bond acceptors (Lipinski definition) is 4. The van der Waals surface area contributed by atoms with Gasteiger partial charge in [0.25, 0.3) is 5.91 Å². The van der Waals surface area contributed by atoms with Crippen LogP contribution in [-0.2, 0) is 10.0 Å². The summed E-state index contributed by atoms with van der Waals surface area (Å²) in [5, 5.41) is 2.91. The summed E-state index contributed by atoms with van der Waals surface area (Å²) in [5.41, 5.74) is -0.305. The molecule has 1 saturated carbocycles. The Morgan fingerprint density at radius 3 is 2.39 bits per heavy atom. The summed E-state index contributed by atoms with van der Waals surface area (Å²) in [6.07, 6.45) is 9.14. The number of nitrogens with one attached hydrogen (secondary N) is 2. The zero-order valence-electron chi connectivity index (χ0n) is 16.5. The molecule has 28 heavy (non-hydrogen) atoms. The highest BCUT2D eigenvalue weighted by Gasteiger charge is 2.38. The van der Waals surface area contributed by atoms with Crippen molar-refractivity contribution in [3.63, 3.8) is 0 Å². The summed E-state index contributed by atoms with van der Waals surface area (Å²) < 4.78 is 40.4. The Morgan fingerprint density at radius 1 is 1.11 bits per heavy atom. The fraction of sp³-hybridized carbons (Fsp3) is 0.650. The average Bonchev–Trinajstić information content (AvgIpc) is 2.73. The van der Waals surface area contributed by atoms with Crippen LogP contribution in [0.5, 0.6) is 0 Å². The summed E-state index contributed by atoms with van der Waals surface area (Å²) in [7, 11) is -2.46. The van der Waals surface area contributed by atoms with E-state index in [1.54, 1.807) is 0 Å². The van der Waals surface area contributed by atoms with Crippen LogP contribution in [-0.4, -0.2) is 51.4 Å². The van der Waals surface area contributed by atoms with Crippen LogP contribution in [0.3, 0.4) is 0 Å². The fourth-order valence-corrected chi connectivity index (χ4v) is 5.24. The van der Waals surface area contributed by atoms with Crippen LogP contribution in [0.2, 0.25) is 0 Å². The molecule has 0 aromatic heterocycles. The number of sulfonamides is 1. The molecule has 0 atom stereocenters. The Bertz CT molecular complexity index is 801. The number of benzene rings is 1. The van der Waals surface area contributed by atoms with Crippen molar-refractivity contribution < 1.29 is 17.6 Å². The summed E-state index contributed by atoms with van der Waals surface area (Å²) in [4.78, 5) is 15.1. The van der Waals surface area contributed by atoms with E-state index >= 15 is 0 Å². The van der Waals surface area contributed by atoms with Crippen molar-refractivity contribution in [2.45, 2.75) is 61.8 Å². The zero-order chi connectivity index (χ0) is 20.2. The van der Waals surface area contributed by atoms with Crippen LogP contribution in [0.25, 0.3) is 0 Å². The quantitative estimate of drug-likeness (QED) is 0.754. The third-order valence-electron chi connectivity index (χ3n) is 6.15. The molecule has 1 aliphatic heterocycles. The molecule has 1 aliphatic carbocycles. The molecule has 8 heteroatoms. The van der Waals surface area contributed by atoms with E-state index in [-0.39, 0.29) is 16.0 Å². The lowest BCUT2D eigenvalue weighted by Gasteiger charge is -2.48. The molecule has 0 bridgehead atoms. The number of carbonyl (C=O) groups excluding carboxylic acids is 1. The summed E-state index contributed by atoms with van der Waals surface area (Å²) >= 11 is 0. The number of amides is 1. The fourth-order valence-electron chi connectivity index (χ4n) is 4.49. The first kappa shape index (κ1) is 21.2. The van der Waals surface area contributed by atoms with Crippen LogP contribution >= 0.6 is 0 Å². The monoisotopic (exact) mass is 411 g/mol. The number of hydrogen-bond donors (Lipinski definition) is 2. The van der Waals surface area contributed by atoms with Crippen molar-refractivity contribution in [1.82, 2.24) is 14.9 Å². The van der Waals surface area contributed by atoms with Crippen LogP contribution in [0.4, 0.5) is 4.39 Å². The molecule has 156 valence electrons. The third kappa shape index (κ3) is 4.55. The van der Waals surface area contributed by atoms with Gasteiger partial charge in [0.1, 0.15) is 5.82 Å². The molecule has 2 aliphatic rings. The second-order valence-corrected chi connectivity index (χ2v) is 9.75. The minimum absolute atomic E-state index is 0.0700. The van der Waals surface area contributed by atoms with E-state index in [0.717, 1.165) is 57.0 Å². The van der Waals surface area contributed by atoms with Gasteiger partial charge in [-0.25, -0.2) is 17.5 Å². The van der Waals surface area contributed by atoms with E-state index in [4.69, 9.17) is 0 Å². The minimum Gasteiger partial charge on any atom is -0.350 e. The molecule has 1 aromatic rings. The van der Waals surface area contributed by atoms with Crippen LogP contribution in [0, 0.1) is 5.82 Å². The molecule has 1 amide bonds. The maximum Gasteiger partial charge on any atom is 0.254 e. The van der Waals surface area contributed by atoms with Gasteiger partial charge in [-0.1, -0.05) is 25.7 Å². The minimum atomic E-state index is -3.74. The van der Waals surface area contributed by atoms with Crippen LogP contribution in [0.1, 0.15) is 61.7 Å². The molecule has 1 heterocycles. The lowest BCUT2D eigenvalue weighted by molar-refractivity contribution is 0.0326. The number of nitrogens with zero attached hydrogens (tertiary/aromatic N) is 1. The number of carbonyl (C=O) groups is 1. The van der Waals surface area contributed by atoms with Gasteiger partial charge >= 0.3 is 0 Å². The first-order valence-electron chi connectivity index (χ1n) is 10.1. The van der Waals surface area contributed by atoms with Crippen LogP contribution < -0.4 is 10.0 Å². The highest BCUT2D eigenvalue weighted by molar-refractivity contribution is 7.89. The van der Waals surface area contributed by atoms with Gasteiger partial charge in [0.15, 0.2) is 0 Å². The Kier molecular flexibility index (Phi) is 6.73. The number of piperidine rings is 1. The number of halogens is 1. The van der Waals surface area contributed by atoms with E-state index in [2.05, 4.69) is 14.9 Å². The second-order valence-electron chi connectivity index (χ2n) is 7.86. The van der Waals surface area contributed by atoms with Gasteiger partial charge in [-0.15, -0.1) is 0 Å². The summed E-state index contributed by atoms with van der Waals surface area (Å²) in [6, 6.07) is 3.29. The SMILES string of the molecule is CNS(=O)(=O)c1ccc(F)c(C(=O)NCC2(N3CCCCC3)CCCCC2)c1. The van der Waals surface area contributed by atoms with Crippen molar-refractivity contribution >= 4 is 15.9 Å². The molecule has 1 aromatic carbocycles. The normalized spacial score (nSPS) is 20.6. The molecule has 1 saturated heterocycles. The van der Waals surface area contributed by atoms with Crippen molar-refractivity contribution in [1.29, 1.82) is 0 Å². The highest BCUT2D eigenvalue weighted by Crippen LogP contribution is 2.35. The predicted molar refractivity (Wildman–Crippen MR) is 106 cm³/mol. The maximum atomic E-state index is 14.2.